The normalized spacial score (nSPS) is 16.8. The zero-order valence-electron chi connectivity index (χ0n) is 11.5. The lowest BCUT2D eigenvalue weighted by atomic mass is 10.1. The van der Waals surface area contributed by atoms with Gasteiger partial charge in [-0.25, -0.2) is 0 Å². The Kier molecular flexibility index (Phi) is 6.36. The van der Waals surface area contributed by atoms with Gasteiger partial charge in [-0.05, 0) is 36.6 Å². The maximum atomic E-state index is 6.38. The maximum Gasteiger partial charge on any atom is 0.0555 e. The van der Waals surface area contributed by atoms with Crippen LogP contribution < -0.4 is 5.32 Å². The summed E-state index contributed by atoms with van der Waals surface area (Å²) in [5.41, 5.74) is 1.35. The molecule has 0 bridgehead atoms. The van der Waals surface area contributed by atoms with E-state index >= 15 is 0 Å². The third-order valence-electron chi connectivity index (χ3n) is 3.42. The summed E-state index contributed by atoms with van der Waals surface area (Å²) < 4.78 is 0. The fraction of sp³-hybridized carbons (Fsp3) is 0.571. The fourth-order valence-electron chi connectivity index (χ4n) is 2.34. The van der Waals surface area contributed by atoms with Crippen molar-refractivity contribution in [3.05, 3.63) is 22.7 Å². The molecule has 1 aliphatic rings. The third-order valence-corrected chi connectivity index (χ3v) is 5.57. The smallest absolute Gasteiger partial charge is 0.0555 e. The van der Waals surface area contributed by atoms with Crippen molar-refractivity contribution in [3.8, 4) is 0 Å². The topological polar surface area (TPSA) is 15.3 Å². The lowest BCUT2D eigenvalue weighted by Crippen LogP contribution is -2.44. The maximum absolute atomic E-state index is 6.38. The molecule has 0 unspecified atom stereocenters. The first-order valence-electron chi connectivity index (χ1n) is 6.58. The Bertz CT molecular complexity index is 420. The SMILES string of the molecule is CSc1cc(CCN2CCNCC2)cc(Cl)c1SC. The van der Waals surface area contributed by atoms with Gasteiger partial charge in [-0.2, -0.15) is 0 Å². The van der Waals surface area contributed by atoms with Crippen LogP contribution in [0.2, 0.25) is 5.02 Å². The molecule has 1 heterocycles. The summed E-state index contributed by atoms with van der Waals surface area (Å²) in [5.74, 6) is 0. The van der Waals surface area contributed by atoms with Crippen molar-refractivity contribution in [2.45, 2.75) is 16.2 Å². The van der Waals surface area contributed by atoms with Gasteiger partial charge in [-0.1, -0.05) is 11.6 Å². The van der Waals surface area contributed by atoms with Gasteiger partial charge < -0.3 is 10.2 Å². The molecular weight excluding hydrogens is 296 g/mol. The van der Waals surface area contributed by atoms with E-state index in [0.29, 0.717) is 0 Å². The molecule has 1 aromatic carbocycles. The van der Waals surface area contributed by atoms with Crippen LogP contribution in [0.1, 0.15) is 5.56 Å². The highest BCUT2D eigenvalue weighted by Crippen LogP contribution is 2.35. The molecule has 1 saturated heterocycles. The average Bonchev–Trinajstić information content (AvgIpc) is 2.45. The second kappa shape index (κ2) is 7.79. The number of nitrogens with zero attached hydrogens (tertiary/aromatic N) is 1. The second-order valence-corrected chi connectivity index (χ2v) is 6.73. The molecule has 0 radical (unpaired) electrons. The van der Waals surface area contributed by atoms with Crippen molar-refractivity contribution < 1.29 is 0 Å². The molecule has 1 fully saturated rings. The predicted octanol–water partition coefficient (Wildman–Crippen LogP) is 3.23. The lowest BCUT2D eigenvalue weighted by molar-refractivity contribution is 0.244. The molecule has 1 aliphatic heterocycles. The summed E-state index contributed by atoms with van der Waals surface area (Å²) >= 11 is 9.89. The first-order valence-corrected chi connectivity index (χ1v) is 9.41. The molecular formula is C14H21ClN2S2. The Balaban J connectivity index is 2.01. The minimum atomic E-state index is 0.898. The summed E-state index contributed by atoms with van der Waals surface area (Å²) in [4.78, 5) is 5.03. The molecule has 0 amide bonds. The van der Waals surface area contributed by atoms with E-state index in [1.54, 1.807) is 23.5 Å². The van der Waals surface area contributed by atoms with Gasteiger partial charge in [-0.15, -0.1) is 23.5 Å². The van der Waals surface area contributed by atoms with Crippen LogP contribution in [0.25, 0.3) is 0 Å². The van der Waals surface area contributed by atoms with Gasteiger partial charge in [0.05, 0.1) is 5.02 Å². The molecule has 0 atom stereocenters. The van der Waals surface area contributed by atoms with Gasteiger partial charge in [0.15, 0.2) is 0 Å². The molecule has 1 aromatic rings. The van der Waals surface area contributed by atoms with E-state index in [0.717, 1.165) is 44.2 Å². The molecule has 0 aliphatic carbocycles. The van der Waals surface area contributed by atoms with E-state index in [9.17, 15) is 0 Å². The van der Waals surface area contributed by atoms with Crippen LogP contribution in [0.3, 0.4) is 0 Å². The quantitative estimate of drug-likeness (QED) is 0.839. The van der Waals surface area contributed by atoms with Gasteiger partial charge in [0.1, 0.15) is 0 Å². The number of halogens is 1. The van der Waals surface area contributed by atoms with Gasteiger partial charge in [-0.3, -0.25) is 0 Å². The van der Waals surface area contributed by atoms with Crippen molar-refractivity contribution in [1.29, 1.82) is 0 Å². The van der Waals surface area contributed by atoms with Crippen LogP contribution in [0.5, 0.6) is 0 Å². The summed E-state index contributed by atoms with van der Waals surface area (Å²) in [6.07, 6.45) is 5.29. The van der Waals surface area contributed by atoms with E-state index in [1.807, 2.05) is 0 Å². The Morgan fingerprint density at radius 3 is 2.58 bits per heavy atom. The molecule has 0 aromatic heterocycles. The second-order valence-electron chi connectivity index (χ2n) is 4.65. The standard InChI is InChI=1S/C14H21ClN2S2/c1-18-13-10-11(9-12(15)14(13)19-2)3-6-17-7-4-16-5-8-17/h9-10,16H,3-8H2,1-2H3. The molecule has 19 heavy (non-hydrogen) atoms. The fourth-order valence-corrected chi connectivity index (χ4v) is 4.45. The van der Waals surface area contributed by atoms with Crippen molar-refractivity contribution >= 4 is 35.1 Å². The highest BCUT2D eigenvalue weighted by Gasteiger charge is 2.11. The van der Waals surface area contributed by atoms with Gasteiger partial charge in [0, 0.05) is 42.5 Å². The molecule has 5 heteroatoms. The van der Waals surface area contributed by atoms with Crippen molar-refractivity contribution in [2.24, 2.45) is 0 Å². The van der Waals surface area contributed by atoms with Crippen molar-refractivity contribution in [2.75, 3.05) is 45.2 Å². The molecule has 106 valence electrons. The van der Waals surface area contributed by atoms with Gasteiger partial charge in [0.25, 0.3) is 0 Å². The van der Waals surface area contributed by atoms with Crippen molar-refractivity contribution in [3.63, 3.8) is 0 Å². The minimum absolute atomic E-state index is 0.898. The zero-order chi connectivity index (χ0) is 13.7. The number of piperazine rings is 1. The van der Waals surface area contributed by atoms with Gasteiger partial charge in [0.2, 0.25) is 0 Å². The van der Waals surface area contributed by atoms with Crippen LogP contribution in [-0.4, -0.2) is 50.1 Å². The minimum Gasteiger partial charge on any atom is -0.314 e. The van der Waals surface area contributed by atoms with E-state index in [2.05, 4.69) is 34.9 Å². The van der Waals surface area contributed by atoms with E-state index in [-0.39, 0.29) is 0 Å². The van der Waals surface area contributed by atoms with Crippen LogP contribution >= 0.6 is 35.1 Å². The Hall–Kier alpha value is 0.130. The van der Waals surface area contributed by atoms with Gasteiger partial charge >= 0.3 is 0 Å². The molecule has 1 N–H and O–H groups in total. The van der Waals surface area contributed by atoms with Crippen molar-refractivity contribution in [1.82, 2.24) is 10.2 Å². The third kappa shape index (κ3) is 4.30. The number of rotatable bonds is 5. The van der Waals surface area contributed by atoms with E-state index < -0.39 is 0 Å². The molecule has 2 rings (SSSR count). The van der Waals surface area contributed by atoms with Crippen LogP contribution in [0.4, 0.5) is 0 Å². The summed E-state index contributed by atoms with van der Waals surface area (Å²) in [5, 5.41) is 4.28. The Morgan fingerprint density at radius 1 is 1.21 bits per heavy atom. The molecule has 0 spiro atoms. The molecule has 2 nitrogen and oxygen atoms in total. The zero-order valence-corrected chi connectivity index (χ0v) is 13.9. The largest absolute Gasteiger partial charge is 0.314 e. The van der Waals surface area contributed by atoms with E-state index in [1.165, 1.54) is 15.4 Å². The van der Waals surface area contributed by atoms with E-state index in [4.69, 9.17) is 11.6 Å². The number of thioether (sulfide) groups is 2. The highest BCUT2D eigenvalue weighted by atomic mass is 35.5. The highest BCUT2D eigenvalue weighted by molar-refractivity contribution is 8.01. The number of benzene rings is 1. The molecule has 0 saturated carbocycles. The summed E-state index contributed by atoms with van der Waals surface area (Å²) in [7, 11) is 0. The summed E-state index contributed by atoms with van der Waals surface area (Å²) in [6.45, 7) is 5.67. The number of hydrogen-bond donors (Lipinski definition) is 1. The van der Waals surface area contributed by atoms with Crippen LogP contribution in [0, 0.1) is 0 Å². The Labute approximate surface area is 129 Å². The lowest BCUT2D eigenvalue weighted by Gasteiger charge is -2.27. The number of nitrogens with one attached hydrogen (secondary N) is 1. The number of hydrogen-bond acceptors (Lipinski definition) is 4. The Morgan fingerprint density at radius 2 is 1.95 bits per heavy atom. The van der Waals surface area contributed by atoms with Crippen LogP contribution in [0.15, 0.2) is 21.9 Å². The van der Waals surface area contributed by atoms with Crippen LogP contribution in [-0.2, 0) is 6.42 Å². The predicted molar refractivity (Wildman–Crippen MR) is 88.0 cm³/mol. The first kappa shape index (κ1) is 15.5. The first-order chi connectivity index (χ1) is 9.24. The average molecular weight is 317 g/mol. The summed E-state index contributed by atoms with van der Waals surface area (Å²) in [6, 6.07) is 4.43. The monoisotopic (exact) mass is 316 g/mol.